The number of thioether (sulfide) groups is 2. The highest BCUT2D eigenvalue weighted by atomic mass is 32.2. The Morgan fingerprint density at radius 2 is 2.20 bits per heavy atom. The number of aromatic nitrogens is 1. The van der Waals surface area contributed by atoms with Crippen LogP contribution in [0.25, 0.3) is 0 Å². The van der Waals surface area contributed by atoms with Gasteiger partial charge in [-0.05, 0) is 48.8 Å². The summed E-state index contributed by atoms with van der Waals surface area (Å²) in [6.45, 7) is 0. The van der Waals surface area contributed by atoms with Crippen LogP contribution in [0.4, 0.5) is 0 Å². The van der Waals surface area contributed by atoms with Gasteiger partial charge in [0.25, 0.3) is 0 Å². The van der Waals surface area contributed by atoms with E-state index in [2.05, 4.69) is 34.6 Å². The normalized spacial score (nSPS) is 17.9. The maximum Gasteiger partial charge on any atom is 0.0502 e. The van der Waals surface area contributed by atoms with Crippen LogP contribution in [0.15, 0.2) is 24.5 Å². The van der Waals surface area contributed by atoms with Crippen molar-refractivity contribution >= 4 is 23.5 Å². The van der Waals surface area contributed by atoms with E-state index in [0.29, 0.717) is 0 Å². The van der Waals surface area contributed by atoms with Gasteiger partial charge < -0.3 is 0 Å². The first-order chi connectivity index (χ1) is 7.45. The van der Waals surface area contributed by atoms with Crippen LogP contribution in [-0.4, -0.2) is 21.1 Å². The van der Waals surface area contributed by atoms with E-state index in [1.807, 2.05) is 18.5 Å². The Morgan fingerprint density at radius 3 is 2.93 bits per heavy atom. The van der Waals surface area contributed by atoms with E-state index in [1.54, 1.807) is 0 Å². The van der Waals surface area contributed by atoms with Crippen LogP contribution in [0, 0.1) is 0 Å². The summed E-state index contributed by atoms with van der Waals surface area (Å²) in [4.78, 5) is 4.14. The summed E-state index contributed by atoms with van der Waals surface area (Å²) < 4.78 is 0.857. The van der Waals surface area contributed by atoms with Crippen molar-refractivity contribution in [1.29, 1.82) is 0 Å². The fourth-order valence-electron chi connectivity index (χ4n) is 1.72. The summed E-state index contributed by atoms with van der Waals surface area (Å²) in [5, 5.41) is 0. The minimum atomic E-state index is 0.857. The summed E-state index contributed by atoms with van der Waals surface area (Å²) >= 11 is 4.29. The maximum atomic E-state index is 4.14. The quantitative estimate of drug-likeness (QED) is 0.797. The molecule has 1 saturated heterocycles. The number of hydrogen-bond acceptors (Lipinski definition) is 3. The van der Waals surface area contributed by atoms with Crippen LogP contribution in [0.3, 0.4) is 0 Å². The molecule has 1 aliphatic rings. The lowest BCUT2D eigenvalue weighted by Gasteiger charge is -2.20. The first-order valence-electron chi connectivity index (χ1n) is 5.57. The largest absolute Gasteiger partial charge is 0.264 e. The molecule has 0 bridgehead atoms. The van der Waals surface area contributed by atoms with E-state index in [9.17, 15) is 0 Å². The molecule has 3 heteroatoms. The van der Waals surface area contributed by atoms with E-state index >= 15 is 0 Å². The third-order valence-electron chi connectivity index (χ3n) is 2.52. The molecular weight excluding hydrogens is 222 g/mol. The molecule has 0 saturated carbocycles. The highest BCUT2D eigenvalue weighted by molar-refractivity contribution is 8.17. The van der Waals surface area contributed by atoms with Crippen LogP contribution in [0.5, 0.6) is 0 Å². The van der Waals surface area contributed by atoms with E-state index in [4.69, 9.17) is 0 Å². The summed E-state index contributed by atoms with van der Waals surface area (Å²) in [6, 6.07) is 4.20. The first kappa shape index (κ1) is 11.3. The van der Waals surface area contributed by atoms with Gasteiger partial charge in [0.1, 0.15) is 0 Å². The number of aryl methyl sites for hydroxylation is 1. The predicted molar refractivity (Wildman–Crippen MR) is 70.5 cm³/mol. The third kappa shape index (κ3) is 4.07. The molecular formula is C12H17NS2. The Kier molecular flexibility index (Phi) is 4.87. The van der Waals surface area contributed by atoms with Crippen molar-refractivity contribution in [3.05, 3.63) is 30.1 Å². The van der Waals surface area contributed by atoms with Crippen molar-refractivity contribution in [2.75, 3.05) is 11.5 Å². The topological polar surface area (TPSA) is 12.9 Å². The molecule has 2 rings (SSSR count). The summed E-state index contributed by atoms with van der Waals surface area (Å²) in [5.74, 6) is 2.73. The first-order valence-corrected chi connectivity index (χ1v) is 7.67. The highest BCUT2D eigenvalue weighted by Gasteiger charge is 2.13. The van der Waals surface area contributed by atoms with Crippen LogP contribution < -0.4 is 0 Å². The molecule has 1 aromatic heterocycles. The molecule has 2 heterocycles. The van der Waals surface area contributed by atoms with Gasteiger partial charge in [-0.15, -0.1) is 23.5 Å². The molecule has 15 heavy (non-hydrogen) atoms. The molecule has 0 unspecified atom stereocenters. The molecule has 1 fully saturated rings. The lowest BCUT2D eigenvalue weighted by atomic mass is 10.1. The molecule has 0 aromatic carbocycles. The zero-order valence-corrected chi connectivity index (χ0v) is 10.5. The smallest absolute Gasteiger partial charge is 0.0502 e. The Morgan fingerprint density at radius 1 is 1.33 bits per heavy atom. The second-order valence-electron chi connectivity index (χ2n) is 3.78. The molecule has 1 aromatic rings. The van der Waals surface area contributed by atoms with Crippen molar-refractivity contribution in [3.8, 4) is 0 Å². The van der Waals surface area contributed by atoms with Crippen LogP contribution in [0.1, 0.15) is 24.8 Å². The van der Waals surface area contributed by atoms with Crippen LogP contribution in [-0.2, 0) is 6.42 Å². The van der Waals surface area contributed by atoms with Gasteiger partial charge in [0.05, 0.1) is 4.58 Å². The Hall–Kier alpha value is -0.150. The highest BCUT2D eigenvalue weighted by Crippen LogP contribution is 2.33. The second-order valence-corrected chi connectivity index (χ2v) is 6.70. The average Bonchev–Trinajstić information content (AvgIpc) is 2.32. The van der Waals surface area contributed by atoms with E-state index in [0.717, 1.165) is 4.58 Å². The minimum Gasteiger partial charge on any atom is -0.264 e. The van der Waals surface area contributed by atoms with Gasteiger partial charge in [0, 0.05) is 12.4 Å². The number of nitrogens with zero attached hydrogens (tertiary/aromatic N) is 1. The van der Waals surface area contributed by atoms with Gasteiger partial charge in [-0.25, -0.2) is 0 Å². The molecule has 0 spiro atoms. The fraction of sp³-hybridized carbons (Fsp3) is 0.583. The molecule has 0 atom stereocenters. The monoisotopic (exact) mass is 239 g/mol. The fourth-order valence-corrected chi connectivity index (χ4v) is 4.68. The maximum absolute atomic E-state index is 4.14. The van der Waals surface area contributed by atoms with Crippen LogP contribution in [0.2, 0.25) is 0 Å². The third-order valence-corrected chi connectivity index (χ3v) is 5.60. The zero-order valence-electron chi connectivity index (χ0n) is 8.89. The molecule has 0 N–H and O–H groups in total. The molecule has 82 valence electrons. The molecule has 0 aliphatic carbocycles. The molecule has 1 nitrogen and oxygen atoms in total. The summed E-state index contributed by atoms with van der Waals surface area (Å²) in [7, 11) is 0. The minimum absolute atomic E-state index is 0.857. The van der Waals surface area contributed by atoms with Gasteiger partial charge in [0.15, 0.2) is 0 Å². The second kappa shape index (κ2) is 6.44. The van der Waals surface area contributed by atoms with E-state index in [-0.39, 0.29) is 0 Å². The Labute approximate surface area is 100 Å². The Bertz CT molecular complexity index is 270. The number of rotatable bonds is 4. The van der Waals surface area contributed by atoms with Gasteiger partial charge in [-0.2, -0.15) is 0 Å². The van der Waals surface area contributed by atoms with E-state index in [1.165, 1.54) is 42.8 Å². The zero-order chi connectivity index (χ0) is 10.3. The van der Waals surface area contributed by atoms with Crippen molar-refractivity contribution < 1.29 is 0 Å². The van der Waals surface area contributed by atoms with Gasteiger partial charge >= 0.3 is 0 Å². The van der Waals surface area contributed by atoms with Crippen molar-refractivity contribution in [2.24, 2.45) is 0 Å². The summed E-state index contributed by atoms with van der Waals surface area (Å²) in [6.07, 6.45) is 9.07. The lowest BCUT2D eigenvalue weighted by molar-refractivity contribution is 0.779. The SMILES string of the molecule is c1cncc(CCCC2SCCCS2)c1. The van der Waals surface area contributed by atoms with Gasteiger partial charge in [-0.1, -0.05) is 6.07 Å². The molecule has 0 radical (unpaired) electrons. The number of pyridine rings is 1. The van der Waals surface area contributed by atoms with Gasteiger partial charge in [-0.3, -0.25) is 4.98 Å². The van der Waals surface area contributed by atoms with Gasteiger partial charge in [0.2, 0.25) is 0 Å². The average molecular weight is 239 g/mol. The lowest BCUT2D eigenvalue weighted by Crippen LogP contribution is -2.06. The Balaban J connectivity index is 1.66. The molecule has 0 amide bonds. The van der Waals surface area contributed by atoms with E-state index < -0.39 is 0 Å². The predicted octanol–water partition coefficient (Wildman–Crippen LogP) is 3.60. The number of hydrogen-bond donors (Lipinski definition) is 0. The van der Waals surface area contributed by atoms with Crippen molar-refractivity contribution in [2.45, 2.75) is 30.3 Å². The standard InChI is InChI=1S/C12H17NS2/c1(4-11-5-2-7-13-10-11)6-12-14-8-3-9-15-12/h2,5,7,10,12H,1,3-4,6,8-9H2. The molecule has 1 aliphatic heterocycles. The summed E-state index contributed by atoms with van der Waals surface area (Å²) in [5.41, 5.74) is 1.38. The van der Waals surface area contributed by atoms with Crippen molar-refractivity contribution in [3.63, 3.8) is 0 Å². The van der Waals surface area contributed by atoms with Crippen LogP contribution >= 0.6 is 23.5 Å². The van der Waals surface area contributed by atoms with Crippen molar-refractivity contribution in [1.82, 2.24) is 4.98 Å².